The zero-order valence-corrected chi connectivity index (χ0v) is 23.0. The van der Waals surface area contributed by atoms with Crippen LogP contribution in [0.1, 0.15) is 42.5 Å². The summed E-state index contributed by atoms with van der Waals surface area (Å²) in [7, 11) is 0. The molecule has 4 N–H and O–H groups in total. The van der Waals surface area contributed by atoms with E-state index in [0.717, 1.165) is 29.7 Å². The van der Waals surface area contributed by atoms with Crippen molar-refractivity contribution in [2.45, 2.75) is 37.5 Å². The fourth-order valence-corrected chi connectivity index (χ4v) is 6.13. The number of piperidine rings is 1. The summed E-state index contributed by atoms with van der Waals surface area (Å²) in [6, 6.07) is 15.8. The molecule has 1 amide bonds. The Morgan fingerprint density at radius 2 is 1.93 bits per heavy atom. The second kappa shape index (κ2) is 10.5. The number of aliphatic hydroxyl groups excluding tert-OH is 1. The molecule has 11 nitrogen and oxygen atoms in total. The molecule has 212 valence electrons. The topological polar surface area (TPSA) is 140 Å². The summed E-state index contributed by atoms with van der Waals surface area (Å²) in [6.07, 6.45) is 8.27. The number of rotatable bonds is 6. The standard InChI is InChI=1S/C31H31N9O2/c1-2-28(42)38-15-10-19(11-16-38)35-25-18-26(41)23-17-20(6-7-21(23)25)40-30(22-5-3-12-33-29(22)32)36-24-8-9-27(37-31(24)40)39-14-4-13-34-39/h2-9,12-14,17,19,25-26,35,41H,1,10-11,15-16,18H2,(H2,32,33)/t25-,26?/m0/s1. The van der Waals surface area contributed by atoms with Crippen molar-refractivity contribution in [3.63, 3.8) is 0 Å². The number of nitrogens with two attached hydrogens (primary N) is 1. The molecule has 7 rings (SSSR count). The van der Waals surface area contributed by atoms with Gasteiger partial charge in [0.1, 0.15) is 11.3 Å². The van der Waals surface area contributed by atoms with Crippen LogP contribution in [0.2, 0.25) is 0 Å². The summed E-state index contributed by atoms with van der Waals surface area (Å²) in [4.78, 5) is 27.9. The molecule has 42 heavy (non-hydrogen) atoms. The van der Waals surface area contributed by atoms with Crippen LogP contribution in [0, 0.1) is 0 Å². The molecule has 11 heteroatoms. The number of carbonyl (C=O) groups excluding carboxylic acids is 1. The molecule has 5 aromatic rings. The fraction of sp³-hybridized carbons (Fsp3) is 0.258. The smallest absolute Gasteiger partial charge is 0.245 e. The lowest BCUT2D eigenvalue weighted by molar-refractivity contribution is -0.127. The van der Waals surface area contributed by atoms with E-state index in [9.17, 15) is 9.90 Å². The van der Waals surface area contributed by atoms with Crippen LogP contribution in [0.3, 0.4) is 0 Å². The van der Waals surface area contributed by atoms with Crippen LogP contribution in [-0.2, 0) is 4.79 Å². The van der Waals surface area contributed by atoms with Gasteiger partial charge in [0, 0.05) is 49.5 Å². The summed E-state index contributed by atoms with van der Waals surface area (Å²) < 4.78 is 3.67. The molecule has 1 unspecified atom stereocenters. The van der Waals surface area contributed by atoms with Gasteiger partial charge in [-0.1, -0.05) is 12.6 Å². The van der Waals surface area contributed by atoms with E-state index in [1.807, 2.05) is 58.1 Å². The number of amides is 1. The molecule has 1 fully saturated rings. The molecule has 0 bridgehead atoms. The Labute approximate surface area is 242 Å². The fourth-order valence-electron chi connectivity index (χ4n) is 6.13. The second-order valence-electron chi connectivity index (χ2n) is 10.8. The van der Waals surface area contributed by atoms with Crippen molar-refractivity contribution < 1.29 is 9.90 Å². The van der Waals surface area contributed by atoms with Gasteiger partial charge in [-0.25, -0.2) is 19.6 Å². The highest BCUT2D eigenvalue weighted by molar-refractivity contribution is 5.87. The number of imidazole rings is 1. The van der Waals surface area contributed by atoms with Crippen LogP contribution in [0.15, 0.2) is 79.8 Å². The van der Waals surface area contributed by atoms with Crippen LogP contribution >= 0.6 is 0 Å². The Hall–Kier alpha value is -4.87. The number of aliphatic hydroxyl groups is 1. The summed E-state index contributed by atoms with van der Waals surface area (Å²) >= 11 is 0. The van der Waals surface area contributed by atoms with Gasteiger partial charge in [-0.2, -0.15) is 5.10 Å². The molecule has 0 spiro atoms. The maximum absolute atomic E-state index is 12.0. The minimum absolute atomic E-state index is 0.0201. The van der Waals surface area contributed by atoms with Gasteiger partial charge in [0.15, 0.2) is 17.3 Å². The normalized spacial score (nSPS) is 18.8. The number of aromatic nitrogens is 6. The number of nitrogens with zero attached hydrogens (tertiary/aromatic N) is 7. The van der Waals surface area contributed by atoms with Crippen molar-refractivity contribution >= 4 is 22.9 Å². The molecule has 1 aromatic carbocycles. The van der Waals surface area contributed by atoms with Crippen molar-refractivity contribution in [1.82, 2.24) is 39.5 Å². The highest BCUT2D eigenvalue weighted by Crippen LogP contribution is 2.41. The van der Waals surface area contributed by atoms with Crippen molar-refractivity contribution in [2.75, 3.05) is 18.8 Å². The molecule has 0 saturated carbocycles. The van der Waals surface area contributed by atoms with E-state index in [1.54, 1.807) is 17.1 Å². The number of hydrogen-bond donors (Lipinski definition) is 3. The van der Waals surface area contributed by atoms with Gasteiger partial charge in [-0.05, 0) is 78.9 Å². The number of hydrogen-bond acceptors (Lipinski definition) is 8. The number of nitrogen functional groups attached to an aromatic ring is 1. The first-order chi connectivity index (χ1) is 20.5. The van der Waals surface area contributed by atoms with E-state index in [-0.39, 0.29) is 18.0 Å². The Morgan fingerprint density at radius 3 is 2.69 bits per heavy atom. The minimum Gasteiger partial charge on any atom is -0.388 e. The molecule has 1 saturated heterocycles. The van der Waals surface area contributed by atoms with Crippen LogP contribution < -0.4 is 11.1 Å². The van der Waals surface area contributed by atoms with Gasteiger partial charge in [0.2, 0.25) is 5.91 Å². The first-order valence-electron chi connectivity index (χ1n) is 14.1. The van der Waals surface area contributed by atoms with Gasteiger partial charge in [-0.3, -0.25) is 9.36 Å². The van der Waals surface area contributed by atoms with E-state index < -0.39 is 6.10 Å². The van der Waals surface area contributed by atoms with Gasteiger partial charge < -0.3 is 21.1 Å². The molecule has 2 atom stereocenters. The predicted molar refractivity (Wildman–Crippen MR) is 159 cm³/mol. The Balaban J connectivity index is 1.26. The van der Waals surface area contributed by atoms with Crippen LogP contribution in [0.4, 0.5) is 5.82 Å². The summed E-state index contributed by atoms with van der Waals surface area (Å²) in [5.41, 5.74) is 11.1. The van der Waals surface area contributed by atoms with Gasteiger partial charge >= 0.3 is 0 Å². The average molecular weight is 562 g/mol. The van der Waals surface area contributed by atoms with Crippen molar-refractivity contribution in [1.29, 1.82) is 0 Å². The van der Waals surface area contributed by atoms with Crippen molar-refractivity contribution in [3.05, 3.63) is 90.9 Å². The first-order valence-corrected chi connectivity index (χ1v) is 14.1. The summed E-state index contributed by atoms with van der Waals surface area (Å²) in [6.45, 7) is 5.00. The Morgan fingerprint density at radius 1 is 1.07 bits per heavy atom. The third kappa shape index (κ3) is 4.52. The molecule has 4 aromatic heterocycles. The highest BCUT2D eigenvalue weighted by atomic mass is 16.3. The number of anilines is 1. The van der Waals surface area contributed by atoms with E-state index >= 15 is 0 Å². The molecule has 1 aliphatic carbocycles. The maximum atomic E-state index is 12.0. The van der Waals surface area contributed by atoms with Gasteiger partial charge in [0.05, 0.1) is 11.7 Å². The number of pyridine rings is 2. The quantitative estimate of drug-likeness (QED) is 0.268. The molecule has 0 radical (unpaired) electrons. The molecule has 2 aliphatic rings. The zero-order chi connectivity index (χ0) is 28.8. The molecular weight excluding hydrogens is 530 g/mol. The Bertz CT molecular complexity index is 1790. The van der Waals surface area contributed by atoms with Crippen molar-refractivity contribution in [2.24, 2.45) is 0 Å². The number of fused-ring (bicyclic) bond motifs is 2. The average Bonchev–Trinajstić information content (AvgIpc) is 3.75. The minimum atomic E-state index is -0.617. The lowest BCUT2D eigenvalue weighted by atomic mass is 10.0. The molecule has 1 aliphatic heterocycles. The molecule has 5 heterocycles. The number of likely N-dealkylation sites (tertiary alicyclic amines) is 1. The summed E-state index contributed by atoms with van der Waals surface area (Å²) in [5, 5.41) is 19.3. The van der Waals surface area contributed by atoms with Gasteiger partial charge in [0.25, 0.3) is 0 Å². The lowest BCUT2D eigenvalue weighted by Crippen LogP contribution is -2.45. The van der Waals surface area contributed by atoms with E-state index in [0.29, 0.717) is 53.7 Å². The van der Waals surface area contributed by atoms with E-state index in [1.165, 1.54) is 6.08 Å². The van der Waals surface area contributed by atoms with Crippen molar-refractivity contribution in [3.8, 4) is 22.9 Å². The number of benzene rings is 1. The SMILES string of the molecule is C=CC(=O)N1CCC(N[C@H]2CC(O)c3cc(-n4c(-c5cccnc5N)nc5ccc(-n6cccn6)nc54)ccc32)CC1. The van der Waals surface area contributed by atoms with E-state index in [4.69, 9.17) is 15.7 Å². The number of nitrogens with one attached hydrogen (secondary N) is 1. The highest BCUT2D eigenvalue weighted by Gasteiger charge is 2.33. The third-order valence-corrected chi connectivity index (χ3v) is 8.25. The second-order valence-corrected chi connectivity index (χ2v) is 10.8. The van der Waals surface area contributed by atoms with Crippen LogP contribution in [0.5, 0.6) is 0 Å². The molecular formula is C31H31N9O2. The van der Waals surface area contributed by atoms with Crippen LogP contribution in [-0.4, -0.2) is 64.3 Å². The van der Waals surface area contributed by atoms with Crippen LogP contribution in [0.25, 0.3) is 34.1 Å². The monoisotopic (exact) mass is 561 g/mol. The largest absolute Gasteiger partial charge is 0.388 e. The first kappa shape index (κ1) is 26.1. The predicted octanol–water partition coefficient (Wildman–Crippen LogP) is 3.50. The Kier molecular flexibility index (Phi) is 6.52. The third-order valence-electron chi connectivity index (χ3n) is 8.25. The zero-order valence-electron chi connectivity index (χ0n) is 23.0. The lowest BCUT2D eigenvalue weighted by Gasteiger charge is -2.33. The number of carbonyl (C=O) groups is 1. The summed E-state index contributed by atoms with van der Waals surface area (Å²) in [5.74, 6) is 1.62. The maximum Gasteiger partial charge on any atom is 0.245 e. The van der Waals surface area contributed by atoms with Gasteiger partial charge in [-0.15, -0.1) is 0 Å². The van der Waals surface area contributed by atoms with E-state index in [2.05, 4.69) is 28.0 Å².